The molecule has 3 aromatic rings. The molecule has 0 bridgehead atoms. The van der Waals surface area contributed by atoms with E-state index >= 15 is 0 Å². The van der Waals surface area contributed by atoms with Crippen molar-refractivity contribution < 1.29 is 23.0 Å². The summed E-state index contributed by atoms with van der Waals surface area (Å²) >= 11 is 6.09. The number of pyridine rings is 1. The predicted molar refractivity (Wildman–Crippen MR) is 101 cm³/mol. The highest BCUT2D eigenvalue weighted by molar-refractivity contribution is 6.30. The van der Waals surface area contributed by atoms with Crippen LogP contribution in [0.1, 0.15) is 27.0 Å². The number of methoxy groups -OCH3 is 1. The van der Waals surface area contributed by atoms with Crippen LogP contribution in [0.4, 0.5) is 8.78 Å². The lowest BCUT2D eigenvalue weighted by atomic mass is 10.0. The van der Waals surface area contributed by atoms with E-state index < -0.39 is 17.6 Å². The molecular formula is C21H16ClF2NO3. The first-order valence-corrected chi connectivity index (χ1v) is 8.72. The molecule has 0 amide bonds. The van der Waals surface area contributed by atoms with Gasteiger partial charge in [0.1, 0.15) is 24.0 Å². The fourth-order valence-electron chi connectivity index (χ4n) is 2.68. The lowest BCUT2D eigenvalue weighted by Gasteiger charge is -2.13. The van der Waals surface area contributed by atoms with E-state index in [-0.39, 0.29) is 12.2 Å². The summed E-state index contributed by atoms with van der Waals surface area (Å²) in [6.07, 6.45) is 3.37. The van der Waals surface area contributed by atoms with Crippen LogP contribution < -0.4 is 4.74 Å². The molecule has 0 aliphatic carbocycles. The molecule has 144 valence electrons. The average molecular weight is 404 g/mol. The molecule has 1 heterocycles. The van der Waals surface area contributed by atoms with Gasteiger partial charge in [-0.15, -0.1) is 0 Å². The van der Waals surface area contributed by atoms with Gasteiger partial charge in [-0.3, -0.25) is 4.98 Å². The second kappa shape index (κ2) is 8.80. The monoisotopic (exact) mass is 403 g/mol. The number of hydrogen-bond acceptors (Lipinski definition) is 4. The molecule has 7 heteroatoms. The van der Waals surface area contributed by atoms with E-state index in [2.05, 4.69) is 4.98 Å². The van der Waals surface area contributed by atoms with Crippen LogP contribution in [-0.4, -0.2) is 18.1 Å². The van der Waals surface area contributed by atoms with Crippen LogP contribution in [0.5, 0.6) is 5.75 Å². The van der Waals surface area contributed by atoms with Crippen molar-refractivity contribution in [3.63, 3.8) is 0 Å². The van der Waals surface area contributed by atoms with E-state index in [0.717, 1.165) is 5.56 Å². The first-order chi connectivity index (χ1) is 13.5. The molecule has 0 saturated carbocycles. The molecule has 0 spiro atoms. The Balaban J connectivity index is 1.84. The maximum Gasteiger partial charge on any atom is 0.339 e. The van der Waals surface area contributed by atoms with Gasteiger partial charge in [0.15, 0.2) is 0 Å². The third-order valence-electron chi connectivity index (χ3n) is 4.07. The van der Waals surface area contributed by atoms with Crippen LogP contribution in [-0.2, 0) is 17.8 Å². The number of esters is 1. The quantitative estimate of drug-likeness (QED) is 0.545. The van der Waals surface area contributed by atoms with Crippen molar-refractivity contribution in [1.82, 2.24) is 4.98 Å². The highest BCUT2D eigenvalue weighted by atomic mass is 35.5. The topological polar surface area (TPSA) is 48.4 Å². The summed E-state index contributed by atoms with van der Waals surface area (Å²) in [5, 5.41) is 0.483. The largest absolute Gasteiger partial charge is 0.488 e. The number of carbonyl (C=O) groups excluding carboxylic acids is 1. The summed E-state index contributed by atoms with van der Waals surface area (Å²) in [5.74, 6) is -1.42. The van der Waals surface area contributed by atoms with Gasteiger partial charge < -0.3 is 9.47 Å². The van der Waals surface area contributed by atoms with Gasteiger partial charge in [-0.1, -0.05) is 17.7 Å². The lowest BCUT2D eigenvalue weighted by molar-refractivity contribution is 0.0600. The lowest BCUT2D eigenvalue weighted by Crippen LogP contribution is -2.05. The van der Waals surface area contributed by atoms with Crippen molar-refractivity contribution in [2.24, 2.45) is 0 Å². The van der Waals surface area contributed by atoms with Crippen molar-refractivity contribution in [2.45, 2.75) is 13.0 Å². The van der Waals surface area contributed by atoms with E-state index in [0.29, 0.717) is 28.3 Å². The Labute approximate surface area is 165 Å². The Morgan fingerprint density at radius 2 is 1.86 bits per heavy atom. The third kappa shape index (κ3) is 4.64. The molecule has 28 heavy (non-hydrogen) atoms. The number of ether oxygens (including phenoxy) is 2. The molecule has 0 aliphatic rings. The number of hydrogen-bond donors (Lipinski definition) is 0. The number of rotatable bonds is 6. The van der Waals surface area contributed by atoms with E-state index in [9.17, 15) is 13.6 Å². The van der Waals surface area contributed by atoms with Crippen molar-refractivity contribution >= 4 is 17.6 Å². The van der Waals surface area contributed by atoms with Gasteiger partial charge in [0.05, 0.1) is 18.2 Å². The second-order valence-electron chi connectivity index (χ2n) is 5.99. The minimum absolute atomic E-state index is 0.155. The Morgan fingerprint density at radius 1 is 1.11 bits per heavy atom. The molecule has 0 fully saturated rings. The number of benzene rings is 2. The summed E-state index contributed by atoms with van der Waals surface area (Å²) in [7, 11) is 1.29. The van der Waals surface area contributed by atoms with Crippen LogP contribution in [0, 0.1) is 11.6 Å². The molecule has 4 nitrogen and oxygen atoms in total. The zero-order valence-electron chi connectivity index (χ0n) is 14.9. The first kappa shape index (κ1) is 19.8. The van der Waals surface area contributed by atoms with Gasteiger partial charge in [-0.05, 0) is 42.0 Å². The normalized spacial score (nSPS) is 10.6. The minimum Gasteiger partial charge on any atom is -0.488 e. The van der Waals surface area contributed by atoms with E-state index in [1.807, 2.05) is 0 Å². The molecule has 0 N–H and O–H groups in total. The summed E-state index contributed by atoms with van der Waals surface area (Å²) in [6.45, 7) is -0.270. The fourth-order valence-corrected chi connectivity index (χ4v) is 2.88. The summed E-state index contributed by atoms with van der Waals surface area (Å²) < 4.78 is 38.0. The van der Waals surface area contributed by atoms with Crippen LogP contribution in [0.2, 0.25) is 5.02 Å². The highest BCUT2D eigenvalue weighted by Gasteiger charge is 2.13. The maximum atomic E-state index is 13.8. The van der Waals surface area contributed by atoms with E-state index in [1.54, 1.807) is 30.5 Å². The first-order valence-electron chi connectivity index (χ1n) is 8.34. The highest BCUT2D eigenvalue weighted by Crippen LogP contribution is 2.27. The van der Waals surface area contributed by atoms with Gasteiger partial charge in [0.2, 0.25) is 0 Å². The summed E-state index contributed by atoms with van der Waals surface area (Å²) in [6, 6.07) is 10.3. The molecule has 3 rings (SSSR count). The Bertz CT molecular complexity index is 990. The number of halogens is 3. The van der Waals surface area contributed by atoms with E-state index in [4.69, 9.17) is 21.1 Å². The fraction of sp³-hybridized carbons (Fsp3) is 0.143. The molecule has 0 radical (unpaired) electrons. The number of aromatic nitrogens is 1. The standard InChI is InChI=1S/C21H16ClF2NO3/c1-27-21(26)15-8-13(10-25-11-15)7-14-9-16(22)5-6-20(14)28-12-17-18(23)3-2-4-19(17)24/h2-6,8-11H,7,12H2,1H3. The number of nitrogens with zero attached hydrogens (tertiary/aromatic N) is 1. The Hall–Kier alpha value is -2.99. The zero-order valence-corrected chi connectivity index (χ0v) is 15.7. The molecule has 0 atom stereocenters. The second-order valence-corrected chi connectivity index (χ2v) is 6.43. The van der Waals surface area contributed by atoms with E-state index in [1.165, 1.54) is 31.5 Å². The minimum atomic E-state index is -0.675. The van der Waals surface area contributed by atoms with Gasteiger partial charge in [0.25, 0.3) is 0 Å². The van der Waals surface area contributed by atoms with Crippen molar-refractivity contribution in [3.05, 3.63) is 93.8 Å². The molecule has 0 unspecified atom stereocenters. The van der Waals surface area contributed by atoms with Gasteiger partial charge in [-0.25, -0.2) is 13.6 Å². The summed E-state index contributed by atoms with van der Waals surface area (Å²) in [4.78, 5) is 15.7. The van der Waals surface area contributed by atoms with Crippen molar-refractivity contribution in [3.8, 4) is 5.75 Å². The van der Waals surface area contributed by atoms with Gasteiger partial charge in [-0.2, -0.15) is 0 Å². The Kier molecular flexibility index (Phi) is 6.21. The number of carbonyl (C=O) groups is 1. The zero-order chi connectivity index (χ0) is 20.1. The predicted octanol–water partition coefficient (Wildman–Crippen LogP) is 4.97. The average Bonchev–Trinajstić information content (AvgIpc) is 2.68. The SMILES string of the molecule is COC(=O)c1cncc(Cc2cc(Cl)ccc2OCc2c(F)cccc2F)c1. The van der Waals surface area contributed by atoms with Crippen LogP contribution in [0.15, 0.2) is 54.9 Å². The molecule has 1 aromatic heterocycles. The molecular weight excluding hydrogens is 388 g/mol. The third-order valence-corrected chi connectivity index (χ3v) is 4.30. The molecule has 0 aliphatic heterocycles. The molecule has 0 saturated heterocycles. The van der Waals surface area contributed by atoms with Gasteiger partial charge >= 0.3 is 5.97 Å². The smallest absolute Gasteiger partial charge is 0.339 e. The van der Waals surface area contributed by atoms with Crippen molar-refractivity contribution in [1.29, 1.82) is 0 Å². The van der Waals surface area contributed by atoms with Crippen LogP contribution in [0.3, 0.4) is 0 Å². The summed E-state index contributed by atoms with van der Waals surface area (Å²) in [5.41, 5.74) is 1.58. The maximum absolute atomic E-state index is 13.8. The van der Waals surface area contributed by atoms with Crippen molar-refractivity contribution in [2.75, 3.05) is 7.11 Å². The van der Waals surface area contributed by atoms with Gasteiger partial charge in [0, 0.05) is 29.4 Å². The van der Waals surface area contributed by atoms with Crippen LogP contribution >= 0.6 is 11.6 Å². The molecule has 2 aromatic carbocycles. The van der Waals surface area contributed by atoms with Crippen LogP contribution in [0.25, 0.3) is 0 Å². The Morgan fingerprint density at radius 3 is 2.57 bits per heavy atom.